The maximum atomic E-state index is 6.17. The summed E-state index contributed by atoms with van der Waals surface area (Å²) in [4.78, 5) is 0. The van der Waals surface area contributed by atoms with E-state index >= 15 is 0 Å². The molecule has 0 amide bonds. The molecule has 1 aromatic rings. The van der Waals surface area contributed by atoms with E-state index < -0.39 is 0 Å². The van der Waals surface area contributed by atoms with Crippen molar-refractivity contribution in [2.45, 2.75) is 52.3 Å². The van der Waals surface area contributed by atoms with E-state index in [0.717, 1.165) is 35.4 Å². The van der Waals surface area contributed by atoms with E-state index in [2.05, 4.69) is 61.1 Å². The average Bonchev–Trinajstić information content (AvgIpc) is 2.82. The fraction of sp³-hybridized carbons (Fsp3) is 0.625. The summed E-state index contributed by atoms with van der Waals surface area (Å²) in [7, 11) is 0. The molecular weight excluding hydrogens is 318 g/mol. The zero-order chi connectivity index (χ0) is 14.8. The summed E-state index contributed by atoms with van der Waals surface area (Å²) in [5, 5.41) is 3.53. The average molecular weight is 342 g/mol. The lowest BCUT2D eigenvalue weighted by Crippen LogP contribution is -2.35. The molecule has 1 aliphatic rings. The monoisotopic (exact) mass is 341 g/mol. The van der Waals surface area contributed by atoms with E-state index in [1.165, 1.54) is 5.56 Å². The van der Waals surface area contributed by atoms with Crippen LogP contribution in [0.1, 0.15) is 38.3 Å². The zero-order valence-corrected chi connectivity index (χ0v) is 14.3. The molecule has 4 heteroatoms. The van der Waals surface area contributed by atoms with Gasteiger partial charge >= 0.3 is 0 Å². The van der Waals surface area contributed by atoms with Gasteiger partial charge in [0.05, 0.1) is 13.2 Å². The van der Waals surface area contributed by atoms with Gasteiger partial charge in [0.15, 0.2) is 0 Å². The van der Waals surface area contributed by atoms with Crippen LogP contribution >= 0.6 is 15.9 Å². The Balaban J connectivity index is 2.18. The van der Waals surface area contributed by atoms with Crippen molar-refractivity contribution >= 4 is 15.9 Å². The molecule has 1 aliphatic heterocycles. The highest BCUT2D eigenvalue weighted by Gasteiger charge is 2.20. The molecule has 1 heterocycles. The van der Waals surface area contributed by atoms with E-state index in [-0.39, 0.29) is 11.6 Å². The molecule has 1 saturated heterocycles. The highest BCUT2D eigenvalue weighted by molar-refractivity contribution is 9.10. The van der Waals surface area contributed by atoms with Gasteiger partial charge in [-0.25, -0.2) is 0 Å². The van der Waals surface area contributed by atoms with Crippen LogP contribution in [-0.4, -0.2) is 24.9 Å². The maximum Gasteiger partial charge on any atom is 0.127 e. The van der Waals surface area contributed by atoms with Gasteiger partial charge in [0, 0.05) is 28.5 Å². The van der Waals surface area contributed by atoms with Crippen LogP contribution in [-0.2, 0) is 11.3 Å². The minimum Gasteiger partial charge on any atom is -0.487 e. The standard InChI is InChI=1S/C16H24BrNO2/c1-11-7-13(17)8-12(9-18-16(2,3)4)15(11)20-14-5-6-19-10-14/h7-8,14,18H,5-6,9-10H2,1-4H3. The Morgan fingerprint density at radius 3 is 2.75 bits per heavy atom. The Morgan fingerprint density at radius 2 is 2.15 bits per heavy atom. The van der Waals surface area contributed by atoms with E-state index in [0.29, 0.717) is 6.61 Å². The highest BCUT2D eigenvalue weighted by Crippen LogP contribution is 2.30. The minimum atomic E-state index is 0.0873. The largest absolute Gasteiger partial charge is 0.487 e. The fourth-order valence-electron chi connectivity index (χ4n) is 2.23. The number of rotatable bonds is 4. The second-order valence-corrected chi connectivity index (χ2v) is 7.33. The lowest BCUT2D eigenvalue weighted by molar-refractivity contribution is 0.140. The molecule has 1 aromatic carbocycles. The number of ether oxygens (including phenoxy) is 2. The van der Waals surface area contributed by atoms with Crippen molar-refractivity contribution in [3.8, 4) is 5.75 Å². The first-order valence-electron chi connectivity index (χ1n) is 7.13. The summed E-state index contributed by atoms with van der Waals surface area (Å²) in [5.41, 5.74) is 2.44. The third-order valence-electron chi connectivity index (χ3n) is 3.30. The Hall–Kier alpha value is -0.580. The van der Waals surface area contributed by atoms with Crippen molar-refractivity contribution < 1.29 is 9.47 Å². The van der Waals surface area contributed by atoms with Crippen molar-refractivity contribution in [3.05, 3.63) is 27.7 Å². The minimum absolute atomic E-state index is 0.0873. The van der Waals surface area contributed by atoms with Crippen LogP contribution < -0.4 is 10.1 Å². The number of benzene rings is 1. The normalized spacial score (nSPS) is 19.4. The van der Waals surface area contributed by atoms with E-state index in [1.54, 1.807) is 0 Å². The van der Waals surface area contributed by atoms with Gasteiger partial charge in [0.25, 0.3) is 0 Å². The van der Waals surface area contributed by atoms with Crippen LogP contribution in [0, 0.1) is 6.92 Å². The maximum absolute atomic E-state index is 6.17. The van der Waals surface area contributed by atoms with Crippen LogP contribution in [0.3, 0.4) is 0 Å². The first-order chi connectivity index (χ1) is 9.35. The molecular formula is C16H24BrNO2. The van der Waals surface area contributed by atoms with Gasteiger partial charge in [0.2, 0.25) is 0 Å². The Morgan fingerprint density at radius 1 is 1.40 bits per heavy atom. The van der Waals surface area contributed by atoms with Gasteiger partial charge in [-0.1, -0.05) is 15.9 Å². The Kier molecular flexibility index (Phi) is 5.10. The van der Waals surface area contributed by atoms with Crippen LogP contribution in [0.4, 0.5) is 0 Å². The summed E-state index contributed by atoms with van der Waals surface area (Å²) in [6.07, 6.45) is 1.16. The SMILES string of the molecule is Cc1cc(Br)cc(CNC(C)(C)C)c1OC1CCOC1. The molecule has 3 nitrogen and oxygen atoms in total. The molecule has 0 saturated carbocycles. The van der Waals surface area contributed by atoms with E-state index in [9.17, 15) is 0 Å². The van der Waals surface area contributed by atoms with Gasteiger partial charge in [-0.2, -0.15) is 0 Å². The molecule has 2 rings (SSSR count). The molecule has 1 fully saturated rings. The number of halogens is 1. The molecule has 112 valence electrons. The van der Waals surface area contributed by atoms with Crippen LogP contribution in [0.2, 0.25) is 0 Å². The molecule has 20 heavy (non-hydrogen) atoms. The van der Waals surface area contributed by atoms with Crippen molar-refractivity contribution in [3.63, 3.8) is 0 Å². The van der Waals surface area contributed by atoms with Crippen LogP contribution in [0.15, 0.2) is 16.6 Å². The van der Waals surface area contributed by atoms with Crippen molar-refractivity contribution in [1.29, 1.82) is 0 Å². The first kappa shape index (κ1) is 15.8. The lowest BCUT2D eigenvalue weighted by Gasteiger charge is -2.23. The van der Waals surface area contributed by atoms with Crippen molar-refractivity contribution in [2.75, 3.05) is 13.2 Å². The predicted octanol–water partition coefficient (Wildman–Crippen LogP) is 3.81. The third-order valence-corrected chi connectivity index (χ3v) is 3.76. The van der Waals surface area contributed by atoms with E-state index in [1.807, 2.05) is 0 Å². The van der Waals surface area contributed by atoms with Gasteiger partial charge in [-0.3, -0.25) is 0 Å². The molecule has 0 aromatic heterocycles. The first-order valence-corrected chi connectivity index (χ1v) is 7.93. The fourth-order valence-corrected chi connectivity index (χ4v) is 2.85. The summed E-state index contributed by atoms with van der Waals surface area (Å²) in [6.45, 7) is 10.9. The highest BCUT2D eigenvalue weighted by atomic mass is 79.9. The number of nitrogens with one attached hydrogen (secondary N) is 1. The number of hydrogen-bond acceptors (Lipinski definition) is 3. The molecule has 0 bridgehead atoms. The molecule has 0 spiro atoms. The predicted molar refractivity (Wildman–Crippen MR) is 85.3 cm³/mol. The molecule has 0 aliphatic carbocycles. The summed E-state index contributed by atoms with van der Waals surface area (Å²) < 4.78 is 12.7. The molecule has 1 unspecified atom stereocenters. The third kappa shape index (κ3) is 4.47. The summed E-state index contributed by atoms with van der Waals surface area (Å²) >= 11 is 3.57. The zero-order valence-electron chi connectivity index (χ0n) is 12.8. The number of aryl methyl sites for hydroxylation is 1. The smallest absolute Gasteiger partial charge is 0.127 e. The summed E-state index contributed by atoms with van der Waals surface area (Å²) in [5.74, 6) is 1.00. The van der Waals surface area contributed by atoms with Gasteiger partial charge in [-0.15, -0.1) is 0 Å². The Bertz CT molecular complexity index is 462. The van der Waals surface area contributed by atoms with Crippen LogP contribution in [0.25, 0.3) is 0 Å². The number of hydrogen-bond donors (Lipinski definition) is 1. The summed E-state index contributed by atoms with van der Waals surface area (Å²) in [6, 6.07) is 4.24. The van der Waals surface area contributed by atoms with Gasteiger partial charge in [-0.05, 0) is 45.4 Å². The topological polar surface area (TPSA) is 30.5 Å². The van der Waals surface area contributed by atoms with Crippen LogP contribution in [0.5, 0.6) is 5.75 Å². The van der Waals surface area contributed by atoms with Crippen molar-refractivity contribution in [2.24, 2.45) is 0 Å². The quantitative estimate of drug-likeness (QED) is 0.903. The molecule has 1 N–H and O–H groups in total. The van der Waals surface area contributed by atoms with Crippen molar-refractivity contribution in [1.82, 2.24) is 5.32 Å². The van der Waals surface area contributed by atoms with E-state index in [4.69, 9.17) is 9.47 Å². The second-order valence-electron chi connectivity index (χ2n) is 6.42. The molecule has 1 atom stereocenters. The second kappa shape index (κ2) is 6.46. The van der Waals surface area contributed by atoms with Gasteiger partial charge in [0.1, 0.15) is 11.9 Å². The molecule has 0 radical (unpaired) electrons. The van der Waals surface area contributed by atoms with Gasteiger partial charge < -0.3 is 14.8 Å². The lowest BCUT2D eigenvalue weighted by atomic mass is 10.1. The Labute approximate surface area is 130 Å².